The summed E-state index contributed by atoms with van der Waals surface area (Å²) in [6.07, 6.45) is 1.41. The molecule has 0 saturated carbocycles. The Labute approximate surface area is 105 Å². The van der Waals surface area contributed by atoms with Crippen LogP contribution in [0.5, 0.6) is 0 Å². The van der Waals surface area contributed by atoms with Crippen LogP contribution in [-0.2, 0) is 0 Å². The number of benzene rings is 1. The standard InChI is InChI=1S/C11H6BrN3O2/c1-6-2-3-7-9(4-13)14-5-8(12)10(7)11(6)15(16)17/h2-3,5H,1H3. The van der Waals surface area contributed by atoms with Crippen LogP contribution in [0, 0.1) is 28.4 Å². The largest absolute Gasteiger partial charge is 0.281 e. The number of nitrogens with zero attached hydrogens (tertiary/aromatic N) is 3. The summed E-state index contributed by atoms with van der Waals surface area (Å²) >= 11 is 3.24. The van der Waals surface area contributed by atoms with Crippen LogP contribution < -0.4 is 0 Å². The van der Waals surface area contributed by atoms with Gasteiger partial charge < -0.3 is 0 Å². The Balaban J connectivity index is 3.05. The molecule has 0 atom stereocenters. The molecule has 6 heteroatoms. The number of hydrogen-bond acceptors (Lipinski definition) is 4. The van der Waals surface area contributed by atoms with Crippen molar-refractivity contribution >= 4 is 32.4 Å². The second-order valence-electron chi connectivity index (χ2n) is 3.48. The van der Waals surface area contributed by atoms with Crippen molar-refractivity contribution in [3.63, 3.8) is 0 Å². The first-order valence-electron chi connectivity index (χ1n) is 4.68. The molecule has 0 aliphatic carbocycles. The van der Waals surface area contributed by atoms with Crippen LogP contribution in [0.2, 0.25) is 0 Å². The SMILES string of the molecule is Cc1ccc2c(C#N)ncc(Br)c2c1[N+](=O)[O-]. The summed E-state index contributed by atoms with van der Waals surface area (Å²) in [6.45, 7) is 1.66. The summed E-state index contributed by atoms with van der Waals surface area (Å²) < 4.78 is 0.516. The summed E-state index contributed by atoms with van der Waals surface area (Å²) in [5.41, 5.74) is 0.748. The topological polar surface area (TPSA) is 79.8 Å². The quantitative estimate of drug-likeness (QED) is 0.597. The Morgan fingerprint density at radius 3 is 2.82 bits per heavy atom. The molecule has 0 saturated heterocycles. The van der Waals surface area contributed by atoms with Gasteiger partial charge in [0, 0.05) is 17.1 Å². The number of halogens is 1. The third-order valence-corrected chi connectivity index (χ3v) is 3.07. The van der Waals surface area contributed by atoms with E-state index in [0.717, 1.165) is 0 Å². The molecule has 0 amide bonds. The van der Waals surface area contributed by atoms with Gasteiger partial charge in [-0.2, -0.15) is 5.26 Å². The van der Waals surface area contributed by atoms with E-state index in [9.17, 15) is 10.1 Å². The Bertz CT molecular complexity index is 676. The minimum atomic E-state index is -0.441. The van der Waals surface area contributed by atoms with Crippen molar-refractivity contribution in [3.05, 3.63) is 44.2 Å². The van der Waals surface area contributed by atoms with Gasteiger partial charge in [-0.05, 0) is 22.9 Å². The first-order chi connectivity index (χ1) is 8.06. The van der Waals surface area contributed by atoms with Gasteiger partial charge >= 0.3 is 0 Å². The van der Waals surface area contributed by atoms with E-state index in [4.69, 9.17) is 5.26 Å². The number of fused-ring (bicyclic) bond motifs is 1. The van der Waals surface area contributed by atoms with Gasteiger partial charge in [0.2, 0.25) is 0 Å². The molecule has 1 aromatic carbocycles. The monoisotopic (exact) mass is 291 g/mol. The summed E-state index contributed by atoms with van der Waals surface area (Å²) in [4.78, 5) is 14.6. The van der Waals surface area contributed by atoms with Gasteiger partial charge in [0.15, 0.2) is 0 Å². The maximum Gasteiger partial charge on any atom is 0.281 e. The van der Waals surface area contributed by atoms with E-state index < -0.39 is 4.92 Å². The number of rotatable bonds is 1. The van der Waals surface area contributed by atoms with Gasteiger partial charge in [-0.25, -0.2) is 4.98 Å². The Hall–Kier alpha value is -2.00. The zero-order valence-electron chi connectivity index (χ0n) is 8.77. The molecule has 5 nitrogen and oxygen atoms in total. The lowest BCUT2D eigenvalue weighted by Crippen LogP contribution is -1.96. The summed E-state index contributed by atoms with van der Waals surface area (Å²) in [6, 6.07) is 5.22. The van der Waals surface area contributed by atoms with E-state index >= 15 is 0 Å². The van der Waals surface area contributed by atoms with Crippen LogP contribution in [0.4, 0.5) is 5.69 Å². The fourth-order valence-electron chi connectivity index (χ4n) is 1.71. The molecule has 0 fully saturated rings. The Kier molecular flexibility index (Phi) is 2.77. The van der Waals surface area contributed by atoms with Crippen molar-refractivity contribution in [2.24, 2.45) is 0 Å². The zero-order valence-corrected chi connectivity index (χ0v) is 10.4. The summed E-state index contributed by atoms with van der Waals surface area (Å²) in [5, 5.41) is 20.9. The number of nitriles is 1. The molecule has 0 aliphatic rings. The number of pyridine rings is 1. The molecular weight excluding hydrogens is 286 g/mol. The minimum Gasteiger partial charge on any atom is -0.258 e. The lowest BCUT2D eigenvalue weighted by atomic mass is 10.0. The highest BCUT2D eigenvalue weighted by molar-refractivity contribution is 9.10. The van der Waals surface area contributed by atoms with Crippen LogP contribution in [-0.4, -0.2) is 9.91 Å². The molecule has 1 heterocycles. The van der Waals surface area contributed by atoms with Crippen molar-refractivity contribution in [2.45, 2.75) is 6.92 Å². The lowest BCUT2D eigenvalue weighted by Gasteiger charge is -2.05. The van der Waals surface area contributed by atoms with Crippen molar-refractivity contribution in [3.8, 4) is 6.07 Å². The summed E-state index contributed by atoms with van der Waals surface area (Å²) in [5.74, 6) is 0. The van der Waals surface area contributed by atoms with E-state index in [1.807, 2.05) is 6.07 Å². The number of nitro benzene ring substituents is 1. The van der Waals surface area contributed by atoms with Gasteiger partial charge in [-0.3, -0.25) is 10.1 Å². The Morgan fingerprint density at radius 1 is 1.53 bits per heavy atom. The van der Waals surface area contributed by atoms with Gasteiger partial charge in [0.1, 0.15) is 11.8 Å². The van der Waals surface area contributed by atoms with E-state index in [-0.39, 0.29) is 11.4 Å². The van der Waals surface area contributed by atoms with E-state index in [2.05, 4.69) is 20.9 Å². The highest BCUT2D eigenvalue weighted by Gasteiger charge is 2.20. The zero-order chi connectivity index (χ0) is 12.6. The van der Waals surface area contributed by atoms with Gasteiger partial charge in [0.05, 0.1) is 14.8 Å². The highest BCUT2D eigenvalue weighted by Crippen LogP contribution is 2.35. The average molecular weight is 292 g/mol. The molecule has 0 unspecified atom stereocenters. The molecule has 1 aromatic heterocycles. The second-order valence-corrected chi connectivity index (χ2v) is 4.33. The number of aromatic nitrogens is 1. The molecule has 17 heavy (non-hydrogen) atoms. The molecular formula is C11H6BrN3O2. The van der Waals surface area contributed by atoms with Gasteiger partial charge in [-0.1, -0.05) is 12.1 Å². The molecule has 0 N–H and O–H groups in total. The maximum atomic E-state index is 11.1. The van der Waals surface area contributed by atoms with E-state index in [0.29, 0.717) is 20.8 Å². The number of aryl methyl sites for hydroxylation is 1. The molecule has 0 radical (unpaired) electrons. The van der Waals surface area contributed by atoms with Crippen LogP contribution in [0.15, 0.2) is 22.8 Å². The molecule has 2 rings (SSSR count). The first-order valence-corrected chi connectivity index (χ1v) is 5.48. The van der Waals surface area contributed by atoms with Gasteiger partial charge in [0.25, 0.3) is 5.69 Å². The average Bonchev–Trinajstić information content (AvgIpc) is 2.29. The summed E-state index contributed by atoms with van der Waals surface area (Å²) in [7, 11) is 0. The van der Waals surface area contributed by atoms with Crippen molar-refractivity contribution in [1.82, 2.24) is 4.98 Å². The second kappa shape index (κ2) is 4.11. The van der Waals surface area contributed by atoms with Crippen LogP contribution in [0.3, 0.4) is 0 Å². The lowest BCUT2D eigenvalue weighted by molar-refractivity contribution is -0.383. The number of nitro groups is 1. The van der Waals surface area contributed by atoms with Crippen LogP contribution in [0.1, 0.15) is 11.3 Å². The molecule has 0 spiro atoms. The smallest absolute Gasteiger partial charge is 0.258 e. The van der Waals surface area contributed by atoms with Crippen molar-refractivity contribution < 1.29 is 4.92 Å². The normalized spacial score (nSPS) is 10.2. The fourth-order valence-corrected chi connectivity index (χ4v) is 2.22. The van der Waals surface area contributed by atoms with Crippen LogP contribution >= 0.6 is 15.9 Å². The van der Waals surface area contributed by atoms with Crippen LogP contribution in [0.25, 0.3) is 10.8 Å². The third-order valence-electron chi connectivity index (χ3n) is 2.47. The first kappa shape index (κ1) is 11.5. The number of hydrogen-bond donors (Lipinski definition) is 0. The highest BCUT2D eigenvalue weighted by atomic mass is 79.9. The minimum absolute atomic E-state index is 0.00766. The molecule has 0 aliphatic heterocycles. The molecule has 84 valence electrons. The van der Waals surface area contributed by atoms with Crippen molar-refractivity contribution in [2.75, 3.05) is 0 Å². The van der Waals surface area contributed by atoms with E-state index in [1.165, 1.54) is 6.20 Å². The van der Waals surface area contributed by atoms with Gasteiger partial charge in [-0.15, -0.1) is 0 Å². The third kappa shape index (κ3) is 1.74. The van der Waals surface area contributed by atoms with E-state index in [1.54, 1.807) is 19.1 Å². The Morgan fingerprint density at radius 2 is 2.24 bits per heavy atom. The predicted octanol–water partition coefficient (Wildman–Crippen LogP) is 3.09. The van der Waals surface area contributed by atoms with Crippen molar-refractivity contribution in [1.29, 1.82) is 5.26 Å². The molecule has 2 aromatic rings. The fraction of sp³-hybridized carbons (Fsp3) is 0.0909. The predicted molar refractivity (Wildman–Crippen MR) is 65.5 cm³/mol. The molecule has 0 bridgehead atoms. The maximum absolute atomic E-state index is 11.1.